The molecule has 3 rings (SSSR count). The number of benzene rings is 1. The van der Waals surface area contributed by atoms with Crippen molar-refractivity contribution in [3.8, 4) is 0 Å². The van der Waals surface area contributed by atoms with Crippen LogP contribution >= 0.6 is 0 Å². The van der Waals surface area contributed by atoms with Crippen molar-refractivity contribution in [2.24, 2.45) is 5.92 Å². The predicted molar refractivity (Wildman–Crippen MR) is 81.7 cm³/mol. The van der Waals surface area contributed by atoms with Gasteiger partial charge in [0, 0.05) is 11.7 Å². The first-order chi connectivity index (χ1) is 9.74. The van der Waals surface area contributed by atoms with E-state index in [1.807, 2.05) is 18.2 Å². The molecule has 2 N–H and O–H groups in total. The van der Waals surface area contributed by atoms with Gasteiger partial charge in [-0.2, -0.15) is 0 Å². The summed E-state index contributed by atoms with van der Waals surface area (Å²) < 4.78 is 0. The highest BCUT2D eigenvalue weighted by Gasteiger charge is 2.28. The molecule has 3 heteroatoms. The molecule has 3 nitrogen and oxygen atoms in total. The van der Waals surface area contributed by atoms with Gasteiger partial charge in [-0.15, -0.1) is 0 Å². The first-order valence-corrected chi connectivity index (χ1v) is 7.89. The molecular formula is C17H24N2O. The van der Waals surface area contributed by atoms with E-state index < -0.39 is 0 Å². The van der Waals surface area contributed by atoms with Gasteiger partial charge in [0.2, 0.25) is 5.91 Å². The van der Waals surface area contributed by atoms with E-state index in [0.717, 1.165) is 24.4 Å². The minimum absolute atomic E-state index is 0.0574. The van der Waals surface area contributed by atoms with Gasteiger partial charge in [0.05, 0.1) is 6.04 Å². The van der Waals surface area contributed by atoms with Crippen LogP contribution in [0.15, 0.2) is 24.3 Å². The highest BCUT2D eigenvalue weighted by molar-refractivity contribution is 5.96. The summed E-state index contributed by atoms with van der Waals surface area (Å²) in [7, 11) is 0. The Balaban J connectivity index is 1.65. The highest BCUT2D eigenvalue weighted by Crippen LogP contribution is 2.28. The summed E-state index contributed by atoms with van der Waals surface area (Å²) in [5, 5.41) is 6.64. The topological polar surface area (TPSA) is 41.1 Å². The lowest BCUT2D eigenvalue weighted by Crippen LogP contribution is -2.46. The van der Waals surface area contributed by atoms with Gasteiger partial charge in [-0.05, 0) is 50.2 Å². The molecule has 1 heterocycles. The molecule has 0 bridgehead atoms. The van der Waals surface area contributed by atoms with E-state index in [1.165, 1.54) is 31.2 Å². The van der Waals surface area contributed by atoms with Crippen LogP contribution in [0.5, 0.6) is 0 Å². The standard InChI is InChI=1S/C17H24N2O/c1-12(13-6-2-3-7-13)18-16-11-10-14-8-4-5-9-15(14)19-17(16)20/h4-5,8-9,12-13,16,18H,2-3,6-7,10-11H2,1H3,(H,19,20)/t12-,16?/m0/s1. The third-order valence-electron chi connectivity index (χ3n) is 4.87. The highest BCUT2D eigenvalue weighted by atomic mass is 16.2. The molecule has 1 saturated carbocycles. The second-order valence-electron chi connectivity index (χ2n) is 6.24. The Bertz CT molecular complexity index is 480. The minimum Gasteiger partial charge on any atom is -0.324 e. The fourth-order valence-electron chi connectivity index (χ4n) is 3.58. The van der Waals surface area contributed by atoms with E-state index in [0.29, 0.717) is 6.04 Å². The van der Waals surface area contributed by atoms with E-state index in [2.05, 4.69) is 23.6 Å². The lowest BCUT2D eigenvalue weighted by molar-refractivity contribution is -0.118. The number of amides is 1. The van der Waals surface area contributed by atoms with Crippen molar-refractivity contribution in [2.75, 3.05) is 5.32 Å². The van der Waals surface area contributed by atoms with Gasteiger partial charge < -0.3 is 10.6 Å². The summed E-state index contributed by atoms with van der Waals surface area (Å²) in [4.78, 5) is 12.4. The van der Waals surface area contributed by atoms with E-state index in [-0.39, 0.29) is 11.9 Å². The minimum atomic E-state index is -0.0574. The quantitative estimate of drug-likeness (QED) is 0.887. The lowest BCUT2D eigenvalue weighted by atomic mass is 9.97. The smallest absolute Gasteiger partial charge is 0.241 e. The zero-order valence-corrected chi connectivity index (χ0v) is 12.2. The molecule has 1 unspecified atom stereocenters. The lowest BCUT2D eigenvalue weighted by Gasteiger charge is -2.25. The second-order valence-corrected chi connectivity index (χ2v) is 6.24. The fourth-order valence-corrected chi connectivity index (χ4v) is 3.58. The molecule has 0 radical (unpaired) electrons. The molecular weight excluding hydrogens is 248 g/mol. The third-order valence-corrected chi connectivity index (χ3v) is 4.87. The molecule has 1 aliphatic carbocycles. The number of fused-ring (bicyclic) bond motifs is 1. The number of hydrogen-bond acceptors (Lipinski definition) is 2. The fraction of sp³-hybridized carbons (Fsp3) is 0.588. The van der Waals surface area contributed by atoms with E-state index in [4.69, 9.17) is 0 Å². The largest absolute Gasteiger partial charge is 0.324 e. The maximum atomic E-state index is 12.4. The summed E-state index contributed by atoms with van der Waals surface area (Å²) in [6.07, 6.45) is 7.16. The number of rotatable bonds is 3. The van der Waals surface area contributed by atoms with Crippen molar-refractivity contribution >= 4 is 11.6 Å². The van der Waals surface area contributed by atoms with Gasteiger partial charge in [0.15, 0.2) is 0 Å². The van der Waals surface area contributed by atoms with Gasteiger partial charge in [0.25, 0.3) is 0 Å². The van der Waals surface area contributed by atoms with Crippen molar-refractivity contribution in [1.82, 2.24) is 5.32 Å². The van der Waals surface area contributed by atoms with Crippen molar-refractivity contribution < 1.29 is 4.79 Å². The Morgan fingerprint density at radius 1 is 1.20 bits per heavy atom. The van der Waals surface area contributed by atoms with Crippen LogP contribution < -0.4 is 10.6 Å². The zero-order valence-electron chi connectivity index (χ0n) is 12.2. The first-order valence-electron chi connectivity index (χ1n) is 7.89. The molecule has 2 atom stereocenters. The van der Waals surface area contributed by atoms with Crippen LogP contribution in [-0.4, -0.2) is 18.0 Å². The van der Waals surface area contributed by atoms with Crippen molar-refractivity contribution in [3.63, 3.8) is 0 Å². The molecule has 0 saturated heterocycles. The Kier molecular flexibility index (Phi) is 4.06. The number of carbonyl (C=O) groups excluding carboxylic acids is 1. The molecule has 1 amide bonds. The van der Waals surface area contributed by atoms with Crippen LogP contribution in [0.1, 0.15) is 44.6 Å². The molecule has 20 heavy (non-hydrogen) atoms. The van der Waals surface area contributed by atoms with Crippen LogP contribution in [0, 0.1) is 5.92 Å². The molecule has 2 aliphatic rings. The Morgan fingerprint density at radius 2 is 1.95 bits per heavy atom. The Morgan fingerprint density at radius 3 is 2.75 bits per heavy atom. The molecule has 0 aromatic heterocycles. The van der Waals surface area contributed by atoms with Gasteiger partial charge >= 0.3 is 0 Å². The van der Waals surface area contributed by atoms with Gasteiger partial charge in [-0.25, -0.2) is 0 Å². The number of hydrogen-bond donors (Lipinski definition) is 2. The van der Waals surface area contributed by atoms with Crippen LogP contribution in [0.2, 0.25) is 0 Å². The normalized spacial score (nSPS) is 24.9. The number of nitrogens with one attached hydrogen (secondary N) is 2. The van der Waals surface area contributed by atoms with Crippen molar-refractivity contribution in [2.45, 2.75) is 57.5 Å². The molecule has 1 aromatic rings. The number of carbonyl (C=O) groups is 1. The average Bonchev–Trinajstić information content (AvgIpc) is 2.93. The number of anilines is 1. The maximum Gasteiger partial charge on any atom is 0.241 e. The number of para-hydroxylation sites is 1. The van der Waals surface area contributed by atoms with E-state index >= 15 is 0 Å². The SMILES string of the molecule is C[C@H](NC1CCc2ccccc2NC1=O)C1CCCC1. The average molecular weight is 272 g/mol. The maximum absolute atomic E-state index is 12.4. The molecule has 1 aromatic carbocycles. The van der Waals surface area contributed by atoms with Crippen LogP contribution in [0.3, 0.4) is 0 Å². The predicted octanol–water partition coefficient (Wildman–Crippen LogP) is 3.11. The molecule has 1 fully saturated rings. The summed E-state index contributed by atoms with van der Waals surface area (Å²) in [5.41, 5.74) is 2.23. The van der Waals surface area contributed by atoms with Crippen LogP contribution in [-0.2, 0) is 11.2 Å². The molecule has 108 valence electrons. The zero-order chi connectivity index (χ0) is 13.9. The number of aryl methyl sites for hydroxylation is 1. The molecule has 0 spiro atoms. The van der Waals surface area contributed by atoms with Crippen molar-refractivity contribution in [1.29, 1.82) is 0 Å². The van der Waals surface area contributed by atoms with Gasteiger partial charge in [-0.1, -0.05) is 31.0 Å². The van der Waals surface area contributed by atoms with Crippen molar-refractivity contribution in [3.05, 3.63) is 29.8 Å². The summed E-state index contributed by atoms with van der Waals surface area (Å²) in [5.74, 6) is 0.869. The Labute approximate surface area is 121 Å². The Hall–Kier alpha value is -1.35. The summed E-state index contributed by atoms with van der Waals surface area (Å²) >= 11 is 0. The second kappa shape index (κ2) is 5.96. The monoisotopic (exact) mass is 272 g/mol. The van der Waals surface area contributed by atoms with E-state index in [1.54, 1.807) is 0 Å². The molecule has 1 aliphatic heterocycles. The first kappa shape index (κ1) is 13.6. The van der Waals surface area contributed by atoms with Crippen LogP contribution in [0.25, 0.3) is 0 Å². The third kappa shape index (κ3) is 2.88. The van der Waals surface area contributed by atoms with E-state index in [9.17, 15) is 4.79 Å². The summed E-state index contributed by atoms with van der Waals surface area (Å²) in [6, 6.07) is 8.51. The van der Waals surface area contributed by atoms with Gasteiger partial charge in [-0.3, -0.25) is 4.79 Å². The summed E-state index contributed by atoms with van der Waals surface area (Å²) in [6.45, 7) is 2.24. The van der Waals surface area contributed by atoms with Gasteiger partial charge in [0.1, 0.15) is 0 Å². The van der Waals surface area contributed by atoms with Crippen LogP contribution in [0.4, 0.5) is 5.69 Å².